The number of aliphatic imine (C=N–C) groups is 1. The zero-order valence-electron chi connectivity index (χ0n) is 17.6. The number of rotatable bonds is 7. The van der Waals surface area contributed by atoms with E-state index in [0.29, 0.717) is 37.1 Å². The smallest absolute Gasteiger partial charge is 0.252 e. The molecule has 1 aliphatic heterocycles. The summed E-state index contributed by atoms with van der Waals surface area (Å²) in [5, 5.41) is 3.30. The number of nitrogens with one attached hydrogen (secondary N) is 1. The molecule has 168 valence electrons. The summed E-state index contributed by atoms with van der Waals surface area (Å²) in [4.78, 5) is 7.69. The molecule has 1 aliphatic rings. The molecule has 30 heavy (non-hydrogen) atoms. The molecule has 1 N–H and O–H groups in total. The highest BCUT2D eigenvalue weighted by Crippen LogP contribution is 2.26. The Morgan fingerprint density at radius 3 is 2.67 bits per heavy atom. The van der Waals surface area contributed by atoms with Crippen LogP contribution in [0.5, 0.6) is 0 Å². The number of guanidine groups is 1. The Morgan fingerprint density at radius 1 is 1.30 bits per heavy atom. The predicted molar refractivity (Wildman–Crippen MR) is 131 cm³/mol. The van der Waals surface area contributed by atoms with Crippen LogP contribution < -0.4 is 5.32 Å². The molecule has 1 saturated heterocycles. The van der Waals surface area contributed by atoms with Crippen molar-refractivity contribution in [1.82, 2.24) is 19.1 Å². The summed E-state index contributed by atoms with van der Waals surface area (Å²) >= 11 is 1.29. The Labute approximate surface area is 200 Å². The maximum absolute atomic E-state index is 12.8. The van der Waals surface area contributed by atoms with Gasteiger partial charge in [0, 0.05) is 50.5 Å². The zero-order valence-corrected chi connectivity index (χ0v) is 21.5. The molecule has 0 aromatic carbocycles. The van der Waals surface area contributed by atoms with Crippen molar-refractivity contribution in [1.29, 1.82) is 0 Å². The van der Waals surface area contributed by atoms with Crippen molar-refractivity contribution < 1.29 is 13.2 Å². The lowest BCUT2D eigenvalue weighted by Gasteiger charge is -2.25. The molecule has 0 atom stereocenters. The largest absolute Gasteiger partial charge is 0.379 e. The minimum atomic E-state index is -3.45. The molecule has 2 aromatic rings. The number of nitrogens with zero attached hydrogens (tertiary/aromatic N) is 4. The molecule has 8 nitrogen and oxygen atoms in total. The van der Waals surface area contributed by atoms with Gasteiger partial charge in [0.05, 0.1) is 26.3 Å². The molecular weight excluding hydrogens is 537 g/mol. The standard InChI is InChI=1S/C19H29N5O3S2.HI/c1-4-20-19(23(3)15-16-6-5-9-22(16)2)21-14-17-7-8-18(28-17)29(25,26)24-10-12-27-13-11-24;/h5-9H,4,10-15H2,1-3H3,(H,20,21);1H. The van der Waals surface area contributed by atoms with Gasteiger partial charge in [-0.05, 0) is 31.2 Å². The molecule has 0 aliphatic carbocycles. The second-order valence-corrected chi connectivity index (χ2v) is 10.2. The van der Waals surface area contributed by atoms with Gasteiger partial charge in [-0.15, -0.1) is 35.3 Å². The number of morpholine rings is 1. The van der Waals surface area contributed by atoms with Crippen LogP contribution in [0.3, 0.4) is 0 Å². The summed E-state index contributed by atoms with van der Waals surface area (Å²) in [6.45, 7) is 5.66. The molecule has 11 heteroatoms. The first kappa shape index (κ1) is 25.1. The van der Waals surface area contributed by atoms with E-state index in [1.807, 2.05) is 39.3 Å². The molecule has 3 heterocycles. The SMILES string of the molecule is CCNC(=NCc1ccc(S(=O)(=O)N2CCOCC2)s1)N(C)Cc1cccn1C.I. The number of aryl methyl sites for hydroxylation is 1. The van der Waals surface area contributed by atoms with Crippen molar-refractivity contribution in [3.05, 3.63) is 41.0 Å². The normalized spacial score (nSPS) is 15.6. The van der Waals surface area contributed by atoms with Crippen molar-refractivity contribution in [2.75, 3.05) is 39.9 Å². The van der Waals surface area contributed by atoms with Crippen LogP contribution in [0.25, 0.3) is 0 Å². The third-order valence-electron chi connectivity index (χ3n) is 4.73. The van der Waals surface area contributed by atoms with Crippen LogP contribution in [-0.2, 0) is 34.9 Å². The van der Waals surface area contributed by atoms with Crippen molar-refractivity contribution in [2.24, 2.45) is 12.0 Å². The van der Waals surface area contributed by atoms with E-state index in [1.165, 1.54) is 21.3 Å². The van der Waals surface area contributed by atoms with Gasteiger partial charge < -0.3 is 19.5 Å². The van der Waals surface area contributed by atoms with Crippen LogP contribution in [0.1, 0.15) is 17.5 Å². The van der Waals surface area contributed by atoms with E-state index in [1.54, 1.807) is 6.07 Å². The maximum Gasteiger partial charge on any atom is 0.252 e. The molecule has 2 aromatic heterocycles. The number of halogens is 1. The van der Waals surface area contributed by atoms with E-state index < -0.39 is 10.0 Å². The van der Waals surface area contributed by atoms with Crippen LogP contribution in [-0.4, -0.2) is 68.0 Å². The highest BCUT2D eigenvalue weighted by atomic mass is 127. The lowest BCUT2D eigenvalue weighted by Crippen LogP contribution is -2.40. The highest BCUT2D eigenvalue weighted by molar-refractivity contribution is 14.0. The topological polar surface area (TPSA) is 79.2 Å². The van der Waals surface area contributed by atoms with Gasteiger partial charge >= 0.3 is 0 Å². The van der Waals surface area contributed by atoms with Gasteiger partial charge in [-0.25, -0.2) is 13.4 Å². The second kappa shape index (κ2) is 11.5. The number of hydrogen-bond acceptors (Lipinski definition) is 5. The van der Waals surface area contributed by atoms with E-state index in [4.69, 9.17) is 9.73 Å². The first-order valence-electron chi connectivity index (χ1n) is 9.68. The number of hydrogen-bond donors (Lipinski definition) is 1. The predicted octanol–water partition coefficient (Wildman–Crippen LogP) is 2.32. The van der Waals surface area contributed by atoms with Gasteiger partial charge in [0.2, 0.25) is 0 Å². The van der Waals surface area contributed by atoms with Crippen LogP contribution in [0.15, 0.2) is 39.7 Å². The van der Waals surface area contributed by atoms with E-state index in [9.17, 15) is 8.42 Å². The number of sulfonamides is 1. The monoisotopic (exact) mass is 567 g/mol. The second-order valence-electron chi connectivity index (χ2n) is 6.87. The Morgan fingerprint density at radius 2 is 2.03 bits per heavy atom. The number of thiophene rings is 1. The fourth-order valence-electron chi connectivity index (χ4n) is 3.10. The lowest BCUT2D eigenvalue weighted by atomic mass is 10.4. The van der Waals surface area contributed by atoms with Gasteiger partial charge in [0.1, 0.15) is 4.21 Å². The summed E-state index contributed by atoms with van der Waals surface area (Å²) in [7, 11) is 0.570. The molecule has 0 unspecified atom stereocenters. The van der Waals surface area contributed by atoms with Crippen LogP contribution in [0, 0.1) is 0 Å². The average molecular weight is 568 g/mol. The highest BCUT2D eigenvalue weighted by Gasteiger charge is 2.27. The average Bonchev–Trinajstić information content (AvgIpc) is 3.35. The number of ether oxygens (including phenoxy) is 1. The third-order valence-corrected chi connectivity index (χ3v) is 8.17. The molecule has 0 amide bonds. The maximum atomic E-state index is 12.8. The lowest BCUT2D eigenvalue weighted by molar-refractivity contribution is 0.0731. The Balaban J connectivity index is 0.00000320. The zero-order chi connectivity index (χ0) is 20.9. The molecule has 0 radical (unpaired) electrons. The summed E-state index contributed by atoms with van der Waals surface area (Å²) in [6.07, 6.45) is 2.02. The Kier molecular flexibility index (Phi) is 9.60. The number of aromatic nitrogens is 1. The first-order chi connectivity index (χ1) is 13.9. The van der Waals surface area contributed by atoms with Gasteiger partial charge in [-0.3, -0.25) is 0 Å². The summed E-state index contributed by atoms with van der Waals surface area (Å²) in [5.41, 5.74) is 1.19. The Bertz CT molecular complexity index is 936. The molecule has 0 saturated carbocycles. The van der Waals surface area contributed by atoms with Crippen LogP contribution in [0.4, 0.5) is 0 Å². The van der Waals surface area contributed by atoms with E-state index in [2.05, 4.69) is 20.9 Å². The van der Waals surface area contributed by atoms with E-state index in [-0.39, 0.29) is 24.0 Å². The molecule has 0 spiro atoms. The minimum Gasteiger partial charge on any atom is -0.379 e. The van der Waals surface area contributed by atoms with Crippen molar-refractivity contribution in [3.8, 4) is 0 Å². The van der Waals surface area contributed by atoms with Crippen LogP contribution in [0.2, 0.25) is 0 Å². The molecule has 1 fully saturated rings. The minimum absolute atomic E-state index is 0. The quantitative estimate of drug-likeness (QED) is 0.316. The first-order valence-corrected chi connectivity index (χ1v) is 11.9. The molecule has 3 rings (SSSR count). The fourth-order valence-corrected chi connectivity index (χ4v) is 5.94. The summed E-state index contributed by atoms with van der Waals surface area (Å²) in [6, 6.07) is 7.64. The van der Waals surface area contributed by atoms with E-state index in [0.717, 1.165) is 23.9 Å². The summed E-state index contributed by atoms with van der Waals surface area (Å²) in [5.74, 6) is 0.791. The molecular formula is C19H30IN5O3S2. The van der Waals surface area contributed by atoms with Gasteiger partial charge in [-0.2, -0.15) is 4.31 Å². The Hall–Kier alpha value is -1.15. The molecule has 0 bridgehead atoms. The van der Waals surface area contributed by atoms with Crippen molar-refractivity contribution in [3.63, 3.8) is 0 Å². The van der Waals surface area contributed by atoms with Crippen molar-refractivity contribution in [2.45, 2.75) is 24.2 Å². The van der Waals surface area contributed by atoms with Gasteiger partial charge in [-0.1, -0.05) is 0 Å². The van der Waals surface area contributed by atoms with Crippen LogP contribution >= 0.6 is 35.3 Å². The van der Waals surface area contributed by atoms with E-state index >= 15 is 0 Å². The van der Waals surface area contributed by atoms with Gasteiger partial charge in [0.15, 0.2) is 5.96 Å². The fraction of sp³-hybridized carbons (Fsp3) is 0.526. The van der Waals surface area contributed by atoms with Gasteiger partial charge in [0.25, 0.3) is 10.0 Å². The summed E-state index contributed by atoms with van der Waals surface area (Å²) < 4.78 is 34.8. The van der Waals surface area contributed by atoms with Crippen molar-refractivity contribution >= 4 is 51.3 Å². The third kappa shape index (κ3) is 6.19.